The molecule has 2 aliphatic rings. The van der Waals surface area contributed by atoms with Gasteiger partial charge in [0.05, 0.1) is 0 Å². The van der Waals surface area contributed by atoms with Crippen molar-refractivity contribution in [2.24, 2.45) is 5.92 Å². The largest absolute Gasteiger partial charge is 0.339 e. The summed E-state index contributed by atoms with van der Waals surface area (Å²) in [5.41, 5.74) is 0.674. The van der Waals surface area contributed by atoms with E-state index in [9.17, 15) is 9.18 Å². The van der Waals surface area contributed by atoms with E-state index < -0.39 is 0 Å². The first-order valence-electron chi connectivity index (χ1n) is 8.12. The molecule has 0 unspecified atom stereocenters. The molecular weight excluding hydrogens is 311 g/mol. The van der Waals surface area contributed by atoms with Crippen LogP contribution < -0.4 is 0 Å². The molecular formula is C16H19FN6O. The third-order valence-corrected chi connectivity index (χ3v) is 5.01. The average molecular weight is 330 g/mol. The highest BCUT2D eigenvalue weighted by molar-refractivity contribution is 5.76. The summed E-state index contributed by atoms with van der Waals surface area (Å²) < 4.78 is 13.0. The zero-order valence-electron chi connectivity index (χ0n) is 13.5. The summed E-state index contributed by atoms with van der Waals surface area (Å²) in [7, 11) is 2.12. The summed E-state index contributed by atoms with van der Waals surface area (Å²) in [6, 6.07) is 6.36. The number of amides is 1. The number of hydrogen-bond acceptors (Lipinski definition) is 5. The van der Waals surface area contributed by atoms with Crippen LogP contribution in [0.15, 0.2) is 24.3 Å². The van der Waals surface area contributed by atoms with Gasteiger partial charge in [-0.25, -0.2) is 4.39 Å². The van der Waals surface area contributed by atoms with Crippen molar-refractivity contribution in [2.45, 2.75) is 19.0 Å². The molecule has 8 heteroatoms. The summed E-state index contributed by atoms with van der Waals surface area (Å²) in [4.78, 5) is 18.0. The molecule has 0 aliphatic carbocycles. The van der Waals surface area contributed by atoms with Crippen LogP contribution in [0.3, 0.4) is 0 Å². The minimum Gasteiger partial charge on any atom is -0.339 e. The van der Waals surface area contributed by atoms with Crippen LogP contribution in [0.1, 0.15) is 6.42 Å². The summed E-state index contributed by atoms with van der Waals surface area (Å²) in [6.45, 7) is 2.78. The number of likely N-dealkylation sites (N-methyl/N-ethyl adjacent to an activating group) is 1. The van der Waals surface area contributed by atoms with Gasteiger partial charge < -0.3 is 9.80 Å². The van der Waals surface area contributed by atoms with Gasteiger partial charge in [0, 0.05) is 24.7 Å². The van der Waals surface area contributed by atoms with E-state index in [1.807, 2.05) is 4.90 Å². The lowest BCUT2D eigenvalue weighted by Crippen LogP contribution is -2.37. The van der Waals surface area contributed by atoms with Gasteiger partial charge in [-0.3, -0.25) is 4.79 Å². The van der Waals surface area contributed by atoms with Crippen molar-refractivity contribution in [2.75, 3.05) is 26.7 Å². The SMILES string of the molecule is CN1CC[C@H]2CN(C(=O)Cn3nnc(-c4ccc(F)cc4)n3)C[C@H]21. The van der Waals surface area contributed by atoms with Crippen LogP contribution >= 0.6 is 0 Å². The first-order valence-corrected chi connectivity index (χ1v) is 8.12. The van der Waals surface area contributed by atoms with Gasteiger partial charge in [-0.2, -0.15) is 4.80 Å². The molecule has 1 aromatic heterocycles. The van der Waals surface area contributed by atoms with E-state index in [-0.39, 0.29) is 18.3 Å². The van der Waals surface area contributed by atoms with E-state index >= 15 is 0 Å². The van der Waals surface area contributed by atoms with Gasteiger partial charge in [0.15, 0.2) is 0 Å². The number of halogens is 1. The number of tetrazole rings is 1. The molecule has 0 saturated carbocycles. The number of carbonyl (C=O) groups excluding carboxylic acids is 1. The molecule has 0 spiro atoms. The lowest BCUT2D eigenvalue weighted by Gasteiger charge is -2.20. The Morgan fingerprint density at radius 3 is 2.83 bits per heavy atom. The molecule has 2 aliphatic heterocycles. The zero-order valence-corrected chi connectivity index (χ0v) is 13.5. The maximum atomic E-state index is 13.0. The summed E-state index contributed by atoms with van der Waals surface area (Å²) in [5.74, 6) is 0.671. The predicted octanol–water partition coefficient (Wildman–Crippen LogP) is 0.642. The second kappa shape index (κ2) is 5.94. The average Bonchev–Trinajstić information content (AvgIpc) is 3.26. The normalized spacial score (nSPS) is 23.7. The second-order valence-electron chi connectivity index (χ2n) is 6.55. The Kier molecular flexibility index (Phi) is 3.76. The van der Waals surface area contributed by atoms with Gasteiger partial charge in [0.1, 0.15) is 12.4 Å². The molecule has 24 heavy (non-hydrogen) atoms. The van der Waals surface area contributed by atoms with Crippen LogP contribution in [0.4, 0.5) is 4.39 Å². The Bertz CT molecular complexity index is 745. The number of likely N-dealkylation sites (tertiary alicyclic amines) is 2. The number of carbonyl (C=O) groups is 1. The van der Waals surface area contributed by atoms with Crippen LogP contribution in [0.5, 0.6) is 0 Å². The Labute approximate surface area is 139 Å². The first kappa shape index (κ1) is 15.2. The fraction of sp³-hybridized carbons (Fsp3) is 0.500. The quantitative estimate of drug-likeness (QED) is 0.826. The van der Waals surface area contributed by atoms with E-state index in [2.05, 4.69) is 27.4 Å². The third-order valence-electron chi connectivity index (χ3n) is 5.01. The molecule has 2 atom stereocenters. The monoisotopic (exact) mass is 330 g/mol. The molecule has 126 valence electrons. The lowest BCUT2D eigenvalue weighted by atomic mass is 10.1. The Balaban J connectivity index is 1.41. The predicted molar refractivity (Wildman–Crippen MR) is 84.3 cm³/mol. The molecule has 2 saturated heterocycles. The van der Waals surface area contributed by atoms with Crippen LogP contribution in [-0.4, -0.2) is 68.6 Å². The van der Waals surface area contributed by atoms with E-state index in [4.69, 9.17) is 0 Å². The standard InChI is InChI=1S/C16H19FN6O/c1-21-7-6-12-8-22(9-14(12)21)15(24)10-23-19-16(18-20-23)11-2-4-13(17)5-3-11/h2-5,12,14H,6-10H2,1H3/t12-,14+/m0/s1. The molecule has 3 heterocycles. The van der Waals surface area contributed by atoms with Gasteiger partial charge in [0.2, 0.25) is 11.7 Å². The van der Waals surface area contributed by atoms with Crippen LogP contribution in [0, 0.1) is 11.7 Å². The van der Waals surface area contributed by atoms with E-state index in [0.717, 1.165) is 26.1 Å². The van der Waals surface area contributed by atoms with Crippen LogP contribution in [0.25, 0.3) is 11.4 Å². The molecule has 0 bridgehead atoms. The maximum absolute atomic E-state index is 13.0. The maximum Gasteiger partial charge on any atom is 0.246 e. The highest BCUT2D eigenvalue weighted by Gasteiger charge is 2.41. The molecule has 4 rings (SSSR count). The van der Waals surface area contributed by atoms with Gasteiger partial charge >= 0.3 is 0 Å². The minimum absolute atomic E-state index is 0.0147. The number of hydrogen-bond donors (Lipinski definition) is 0. The fourth-order valence-electron chi connectivity index (χ4n) is 3.62. The van der Waals surface area contributed by atoms with Crippen molar-refractivity contribution < 1.29 is 9.18 Å². The fourth-order valence-corrected chi connectivity index (χ4v) is 3.62. The van der Waals surface area contributed by atoms with Crippen molar-refractivity contribution in [3.63, 3.8) is 0 Å². The van der Waals surface area contributed by atoms with Gasteiger partial charge in [-0.1, -0.05) is 0 Å². The van der Waals surface area contributed by atoms with Gasteiger partial charge in [0.25, 0.3) is 0 Å². The summed E-state index contributed by atoms with van der Waals surface area (Å²) in [5, 5.41) is 12.1. The molecule has 1 amide bonds. The van der Waals surface area contributed by atoms with E-state index in [0.29, 0.717) is 23.3 Å². The highest BCUT2D eigenvalue weighted by Crippen LogP contribution is 2.30. The molecule has 2 fully saturated rings. The molecule has 0 radical (unpaired) electrons. The van der Waals surface area contributed by atoms with E-state index in [1.54, 1.807) is 12.1 Å². The van der Waals surface area contributed by atoms with Crippen molar-refractivity contribution in [1.29, 1.82) is 0 Å². The number of aromatic nitrogens is 4. The minimum atomic E-state index is -0.314. The van der Waals surface area contributed by atoms with Crippen molar-refractivity contribution in [1.82, 2.24) is 30.0 Å². The Hall–Kier alpha value is -2.35. The topological polar surface area (TPSA) is 67.2 Å². The van der Waals surface area contributed by atoms with Gasteiger partial charge in [-0.05, 0) is 55.4 Å². The van der Waals surface area contributed by atoms with E-state index in [1.165, 1.54) is 16.9 Å². The number of rotatable bonds is 3. The Morgan fingerprint density at radius 1 is 1.29 bits per heavy atom. The van der Waals surface area contributed by atoms with Crippen molar-refractivity contribution in [3.8, 4) is 11.4 Å². The van der Waals surface area contributed by atoms with Crippen LogP contribution in [-0.2, 0) is 11.3 Å². The molecule has 2 aromatic rings. The molecule has 7 nitrogen and oxygen atoms in total. The number of nitrogens with zero attached hydrogens (tertiary/aromatic N) is 6. The molecule has 0 N–H and O–H groups in total. The van der Waals surface area contributed by atoms with Gasteiger partial charge in [-0.15, -0.1) is 10.2 Å². The highest BCUT2D eigenvalue weighted by atomic mass is 19.1. The third kappa shape index (κ3) is 2.77. The van der Waals surface area contributed by atoms with Crippen molar-refractivity contribution in [3.05, 3.63) is 30.1 Å². The van der Waals surface area contributed by atoms with Crippen molar-refractivity contribution >= 4 is 5.91 Å². The zero-order chi connectivity index (χ0) is 16.7. The first-order chi connectivity index (χ1) is 11.6. The lowest BCUT2D eigenvalue weighted by molar-refractivity contribution is -0.131. The summed E-state index contributed by atoms with van der Waals surface area (Å²) >= 11 is 0. The number of benzene rings is 1. The second-order valence-corrected chi connectivity index (χ2v) is 6.55. The summed E-state index contributed by atoms with van der Waals surface area (Å²) in [6.07, 6.45) is 1.15. The Morgan fingerprint density at radius 2 is 2.08 bits per heavy atom. The smallest absolute Gasteiger partial charge is 0.246 e. The molecule has 1 aromatic carbocycles. The number of fused-ring (bicyclic) bond motifs is 1. The van der Waals surface area contributed by atoms with Crippen LogP contribution in [0.2, 0.25) is 0 Å².